The van der Waals surface area contributed by atoms with E-state index < -0.39 is 0 Å². The van der Waals surface area contributed by atoms with Crippen molar-refractivity contribution in [2.75, 3.05) is 13.7 Å². The van der Waals surface area contributed by atoms with Crippen LogP contribution in [0.5, 0.6) is 5.75 Å². The molecule has 4 rings (SSSR count). The fourth-order valence-corrected chi connectivity index (χ4v) is 3.54. The average molecular weight is 340 g/mol. The van der Waals surface area contributed by atoms with E-state index in [1.807, 2.05) is 42.5 Å². The number of rotatable bonds is 8. The third-order valence-electron chi connectivity index (χ3n) is 5.03. The minimum atomic E-state index is 0.210. The molecule has 0 bridgehead atoms. The van der Waals surface area contributed by atoms with Gasteiger partial charge in [0.2, 0.25) is 0 Å². The Morgan fingerprint density at radius 3 is 2.48 bits per heavy atom. The molecule has 25 heavy (non-hydrogen) atoms. The van der Waals surface area contributed by atoms with Gasteiger partial charge in [0.15, 0.2) is 0 Å². The van der Waals surface area contributed by atoms with Crippen molar-refractivity contribution >= 4 is 0 Å². The molecule has 2 aromatic rings. The maximum atomic E-state index is 6.18. The van der Waals surface area contributed by atoms with E-state index in [4.69, 9.17) is 18.9 Å². The van der Waals surface area contributed by atoms with Crippen LogP contribution in [-0.2, 0) is 27.4 Å². The Balaban J connectivity index is 1.27. The Bertz CT molecular complexity index is 670. The van der Waals surface area contributed by atoms with Crippen LogP contribution < -0.4 is 4.74 Å². The van der Waals surface area contributed by atoms with Crippen molar-refractivity contribution in [3.05, 3.63) is 65.7 Å². The van der Waals surface area contributed by atoms with Crippen molar-refractivity contribution in [3.8, 4) is 5.75 Å². The normalized spacial score (nSPS) is 27.1. The van der Waals surface area contributed by atoms with Crippen LogP contribution in [0.2, 0.25) is 0 Å². The fourth-order valence-electron chi connectivity index (χ4n) is 3.54. The maximum Gasteiger partial charge on any atom is 0.118 e. The second-order valence-corrected chi connectivity index (χ2v) is 6.74. The molecule has 2 fully saturated rings. The third-order valence-corrected chi connectivity index (χ3v) is 5.03. The van der Waals surface area contributed by atoms with E-state index >= 15 is 0 Å². The fraction of sp³-hybridized carbons (Fsp3) is 0.429. The van der Waals surface area contributed by atoms with Crippen LogP contribution in [-0.4, -0.2) is 32.0 Å². The van der Waals surface area contributed by atoms with Crippen LogP contribution in [0.25, 0.3) is 0 Å². The van der Waals surface area contributed by atoms with Gasteiger partial charge >= 0.3 is 0 Å². The summed E-state index contributed by atoms with van der Waals surface area (Å²) < 4.78 is 23.0. The van der Waals surface area contributed by atoms with E-state index in [0.717, 1.165) is 17.7 Å². The van der Waals surface area contributed by atoms with Gasteiger partial charge in [-0.1, -0.05) is 42.5 Å². The van der Waals surface area contributed by atoms with Gasteiger partial charge in [-0.2, -0.15) is 0 Å². The average Bonchev–Trinajstić information content (AvgIpc) is 3.35. The second kappa shape index (κ2) is 7.56. The zero-order valence-corrected chi connectivity index (χ0v) is 14.5. The Morgan fingerprint density at radius 2 is 1.72 bits per heavy atom. The van der Waals surface area contributed by atoms with Gasteiger partial charge in [0, 0.05) is 12.3 Å². The molecular formula is C21H24O4. The largest absolute Gasteiger partial charge is 0.497 e. The van der Waals surface area contributed by atoms with Crippen molar-refractivity contribution in [3.63, 3.8) is 0 Å². The lowest BCUT2D eigenvalue weighted by molar-refractivity contribution is -0.0450. The van der Waals surface area contributed by atoms with Crippen molar-refractivity contribution < 1.29 is 18.9 Å². The van der Waals surface area contributed by atoms with Gasteiger partial charge in [-0.25, -0.2) is 0 Å². The van der Waals surface area contributed by atoms with Gasteiger partial charge in [0.25, 0.3) is 0 Å². The summed E-state index contributed by atoms with van der Waals surface area (Å²) in [6.45, 7) is 1.94. The lowest BCUT2D eigenvalue weighted by Crippen LogP contribution is -2.28. The van der Waals surface area contributed by atoms with E-state index in [9.17, 15) is 0 Å². The van der Waals surface area contributed by atoms with E-state index in [1.54, 1.807) is 7.11 Å². The molecule has 1 saturated heterocycles. The molecule has 0 N–H and O–H groups in total. The van der Waals surface area contributed by atoms with Crippen molar-refractivity contribution in [2.45, 2.75) is 37.9 Å². The van der Waals surface area contributed by atoms with Crippen LogP contribution >= 0.6 is 0 Å². The minimum Gasteiger partial charge on any atom is -0.497 e. The summed E-state index contributed by atoms with van der Waals surface area (Å²) in [5, 5.41) is 0. The quantitative estimate of drug-likeness (QED) is 0.689. The number of ether oxygens (including phenoxy) is 4. The number of methoxy groups -OCH3 is 1. The highest BCUT2D eigenvalue weighted by Crippen LogP contribution is 2.45. The third kappa shape index (κ3) is 4.03. The van der Waals surface area contributed by atoms with Crippen molar-refractivity contribution in [1.29, 1.82) is 0 Å². The molecule has 132 valence electrons. The topological polar surface area (TPSA) is 40.2 Å². The van der Waals surface area contributed by atoms with Gasteiger partial charge in [-0.05, 0) is 23.3 Å². The van der Waals surface area contributed by atoms with Gasteiger partial charge in [-0.3, -0.25) is 0 Å². The van der Waals surface area contributed by atoms with E-state index in [1.165, 1.54) is 5.56 Å². The molecular weight excluding hydrogens is 316 g/mol. The van der Waals surface area contributed by atoms with E-state index in [-0.39, 0.29) is 6.10 Å². The highest BCUT2D eigenvalue weighted by molar-refractivity contribution is 5.26. The summed E-state index contributed by atoms with van der Waals surface area (Å²) in [6, 6.07) is 18.3. The summed E-state index contributed by atoms with van der Waals surface area (Å²) in [5.41, 5.74) is 2.36. The zero-order chi connectivity index (χ0) is 17.1. The molecule has 1 aliphatic carbocycles. The number of hydrogen-bond acceptors (Lipinski definition) is 4. The molecule has 2 aromatic carbocycles. The Hall–Kier alpha value is -1.88. The minimum absolute atomic E-state index is 0.210. The van der Waals surface area contributed by atoms with Gasteiger partial charge < -0.3 is 18.9 Å². The molecule has 0 amide bonds. The second-order valence-electron chi connectivity index (χ2n) is 6.74. The molecule has 4 nitrogen and oxygen atoms in total. The molecule has 1 saturated carbocycles. The smallest absolute Gasteiger partial charge is 0.118 e. The molecule has 1 heterocycles. The molecule has 0 radical (unpaired) electrons. The highest BCUT2D eigenvalue weighted by Gasteiger charge is 2.56. The Kier molecular flexibility index (Phi) is 5.02. The number of benzene rings is 2. The molecule has 4 atom stereocenters. The van der Waals surface area contributed by atoms with Gasteiger partial charge in [-0.15, -0.1) is 0 Å². The van der Waals surface area contributed by atoms with Crippen LogP contribution in [0, 0.1) is 5.92 Å². The lowest BCUT2D eigenvalue weighted by Gasteiger charge is -2.22. The molecule has 0 spiro atoms. The van der Waals surface area contributed by atoms with E-state index in [0.29, 0.717) is 37.9 Å². The molecule has 0 unspecified atom stereocenters. The van der Waals surface area contributed by atoms with Gasteiger partial charge in [0.05, 0.1) is 45.2 Å². The standard InChI is InChI=1S/C21H24O4/c1-22-17-9-7-16(8-10-17)13-24-19-11-20-21(25-20)18(19)14-23-12-15-5-3-2-4-6-15/h2-10,18-21H,11-14H2,1H3/t18-,19+,20-,21+/m1/s1. The number of epoxide rings is 1. The lowest BCUT2D eigenvalue weighted by atomic mass is 10.1. The number of hydrogen-bond donors (Lipinski definition) is 0. The Labute approximate surface area is 148 Å². The zero-order valence-electron chi connectivity index (χ0n) is 14.5. The van der Waals surface area contributed by atoms with Crippen LogP contribution in [0.1, 0.15) is 17.5 Å². The molecule has 4 heteroatoms. The van der Waals surface area contributed by atoms with Crippen molar-refractivity contribution in [1.82, 2.24) is 0 Å². The van der Waals surface area contributed by atoms with E-state index in [2.05, 4.69) is 12.1 Å². The summed E-state index contributed by atoms with van der Waals surface area (Å²) in [4.78, 5) is 0. The molecule has 0 aromatic heterocycles. The summed E-state index contributed by atoms with van der Waals surface area (Å²) in [7, 11) is 1.68. The predicted octanol–water partition coefficient (Wildman–Crippen LogP) is 3.58. The first-order valence-electron chi connectivity index (χ1n) is 8.85. The first-order valence-corrected chi connectivity index (χ1v) is 8.85. The van der Waals surface area contributed by atoms with Gasteiger partial charge in [0.1, 0.15) is 5.75 Å². The Morgan fingerprint density at radius 1 is 0.960 bits per heavy atom. The molecule has 1 aliphatic heterocycles. The van der Waals surface area contributed by atoms with Crippen molar-refractivity contribution in [2.24, 2.45) is 5.92 Å². The monoisotopic (exact) mass is 340 g/mol. The first kappa shape index (κ1) is 16.6. The van der Waals surface area contributed by atoms with Crippen LogP contribution in [0.15, 0.2) is 54.6 Å². The summed E-state index contributed by atoms with van der Waals surface area (Å²) in [6.07, 6.45) is 1.87. The predicted molar refractivity (Wildman–Crippen MR) is 94.4 cm³/mol. The summed E-state index contributed by atoms with van der Waals surface area (Å²) in [5.74, 6) is 1.19. The highest BCUT2D eigenvalue weighted by atomic mass is 16.6. The maximum absolute atomic E-state index is 6.18. The van der Waals surface area contributed by atoms with Crippen LogP contribution in [0.4, 0.5) is 0 Å². The first-order chi connectivity index (χ1) is 12.3. The number of fused-ring (bicyclic) bond motifs is 1. The van der Waals surface area contributed by atoms with Crippen LogP contribution in [0.3, 0.4) is 0 Å². The SMILES string of the molecule is COc1ccc(CO[C@H]2C[C@H]3O[C@H]3[C@@H]2COCc2ccccc2)cc1. The summed E-state index contributed by atoms with van der Waals surface area (Å²) >= 11 is 0. The molecule has 2 aliphatic rings.